The van der Waals surface area contributed by atoms with Crippen molar-refractivity contribution >= 4 is 23.2 Å². The van der Waals surface area contributed by atoms with E-state index < -0.39 is 5.97 Å². The van der Waals surface area contributed by atoms with Gasteiger partial charge < -0.3 is 15.6 Å². The summed E-state index contributed by atoms with van der Waals surface area (Å²) in [5, 5.41) is 8.88. The van der Waals surface area contributed by atoms with Crippen molar-refractivity contribution in [2.75, 3.05) is 12.8 Å². The van der Waals surface area contributed by atoms with Crippen molar-refractivity contribution in [3.8, 4) is 17.0 Å². The zero-order chi connectivity index (χ0) is 12.4. The van der Waals surface area contributed by atoms with Crippen LogP contribution >= 0.6 is 11.5 Å². The van der Waals surface area contributed by atoms with E-state index in [1.807, 2.05) is 0 Å². The van der Waals surface area contributed by atoms with Crippen LogP contribution < -0.4 is 10.5 Å². The van der Waals surface area contributed by atoms with E-state index in [9.17, 15) is 4.79 Å². The first kappa shape index (κ1) is 11.4. The molecular formula is C11H10N2O3S. The van der Waals surface area contributed by atoms with Gasteiger partial charge in [-0.15, -0.1) is 0 Å². The summed E-state index contributed by atoms with van der Waals surface area (Å²) in [6.07, 6.45) is 0. The Morgan fingerprint density at radius 3 is 2.53 bits per heavy atom. The van der Waals surface area contributed by atoms with E-state index in [1.165, 1.54) is 0 Å². The largest absolute Gasteiger partial charge is 0.497 e. The predicted octanol–water partition coefficient (Wildman–Crippen LogP) is 2.10. The molecule has 3 N–H and O–H groups in total. The Balaban J connectivity index is 2.42. The van der Waals surface area contributed by atoms with E-state index in [4.69, 9.17) is 15.6 Å². The molecule has 1 aromatic heterocycles. The van der Waals surface area contributed by atoms with Crippen LogP contribution in [0.3, 0.4) is 0 Å². The minimum absolute atomic E-state index is 0.0656. The molecule has 0 unspecified atom stereocenters. The number of methoxy groups -OCH3 is 1. The number of ether oxygens (including phenoxy) is 1. The number of anilines is 1. The zero-order valence-electron chi connectivity index (χ0n) is 9.01. The summed E-state index contributed by atoms with van der Waals surface area (Å²) >= 11 is 0.883. The van der Waals surface area contributed by atoms with Crippen molar-refractivity contribution in [2.45, 2.75) is 0 Å². The van der Waals surface area contributed by atoms with E-state index >= 15 is 0 Å². The maximum absolute atomic E-state index is 10.8. The molecule has 0 spiro atoms. The molecule has 17 heavy (non-hydrogen) atoms. The molecule has 0 bridgehead atoms. The third-order valence-corrected chi connectivity index (χ3v) is 3.14. The van der Waals surface area contributed by atoms with E-state index in [1.54, 1.807) is 31.4 Å². The predicted molar refractivity (Wildman–Crippen MR) is 65.5 cm³/mol. The number of hydrogen-bond donors (Lipinski definition) is 2. The molecule has 1 heterocycles. The maximum Gasteiger partial charge on any atom is 0.349 e. The number of nitrogens with zero attached hydrogens (tertiary/aromatic N) is 1. The van der Waals surface area contributed by atoms with Gasteiger partial charge in [0, 0.05) is 5.56 Å². The second kappa shape index (κ2) is 4.42. The number of aromatic carboxylic acids is 1. The summed E-state index contributed by atoms with van der Waals surface area (Å²) < 4.78 is 9.09. The van der Waals surface area contributed by atoms with Crippen LogP contribution in [0.2, 0.25) is 0 Å². The summed E-state index contributed by atoms with van der Waals surface area (Å²) in [5.74, 6) is -0.333. The number of aromatic nitrogens is 1. The van der Waals surface area contributed by atoms with Crippen LogP contribution in [-0.2, 0) is 0 Å². The molecule has 2 aromatic rings. The number of benzene rings is 1. The number of hydrogen-bond acceptors (Lipinski definition) is 5. The summed E-state index contributed by atoms with van der Waals surface area (Å²) in [6, 6.07) is 7.12. The smallest absolute Gasteiger partial charge is 0.349 e. The lowest BCUT2D eigenvalue weighted by Crippen LogP contribution is -1.98. The number of carboxylic acid groups (broad SMARTS) is 1. The highest BCUT2D eigenvalue weighted by Gasteiger charge is 2.17. The number of carboxylic acids is 1. The molecule has 0 aliphatic heterocycles. The van der Waals surface area contributed by atoms with Crippen LogP contribution in [-0.4, -0.2) is 22.6 Å². The summed E-state index contributed by atoms with van der Waals surface area (Å²) in [6.45, 7) is 0. The normalized spacial score (nSPS) is 10.2. The molecule has 0 saturated heterocycles. The minimum Gasteiger partial charge on any atom is -0.497 e. The van der Waals surface area contributed by atoms with Crippen LogP contribution in [0.15, 0.2) is 24.3 Å². The Morgan fingerprint density at radius 2 is 2.06 bits per heavy atom. The van der Waals surface area contributed by atoms with Gasteiger partial charge in [0.2, 0.25) is 0 Å². The molecule has 1 aromatic carbocycles. The molecule has 2 rings (SSSR count). The van der Waals surface area contributed by atoms with Crippen LogP contribution in [0.5, 0.6) is 5.75 Å². The molecule has 0 fully saturated rings. The number of nitrogens with two attached hydrogens (primary N) is 1. The molecule has 0 amide bonds. The van der Waals surface area contributed by atoms with Gasteiger partial charge in [-0.2, -0.15) is 4.37 Å². The summed E-state index contributed by atoms with van der Waals surface area (Å²) in [7, 11) is 1.58. The van der Waals surface area contributed by atoms with Gasteiger partial charge in [-0.05, 0) is 35.8 Å². The molecular weight excluding hydrogens is 240 g/mol. The van der Waals surface area contributed by atoms with Gasteiger partial charge in [-0.25, -0.2) is 4.79 Å². The van der Waals surface area contributed by atoms with Crippen molar-refractivity contribution in [2.24, 2.45) is 0 Å². The summed E-state index contributed by atoms with van der Waals surface area (Å²) in [4.78, 5) is 10.9. The second-order valence-corrected chi connectivity index (χ2v) is 4.08. The first-order valence-electron chi connectivity index (χ1n) is 4.76. The highest BCUT2D eigenvalue weighted by Crippen LogP contribution is 2.31. The van der Waals surface area contributed by atoms with Crippen molar-refractivity contribution in [3.05, 3.63) is 29.1 Å². The Labute approximate surface area is 102 Å². The van der Waals surface area contributed by atoms with Gasteiger partial charge >= 0.3 is 5.97 Å². The van der Waals surface area contributed by atoms with Gasteiger partial charge in [0.25, 0.3) is 0 Å². The topological polar surface area (TPSA) is 85.4 Å². The Hall–Kier alpha value is -2.08. The van der Waals surface area contributed by atoms with Crippen LogP contribution in [0, 0.1) is 0 Å². The van der Waals surface area contributed by atoms with Crippen molar-refractivity contribution in [1.82, 2.24) is 4.37 Å². The lowest BCUT2D eigenvalue weighted by atomic mass is 10.1. The van der Waals surface area contributed by atoms with Gasteiger partial charge in [-0.1, -0.05) is 0 Å². The molecule has 0 aliphatic carbocycles. The number of nitrogen functional groups attached to an aromatic ring is 1. The average Bonchev–Trinajstić information content (AvgIpc) is 2.71. The fraction of sp³-hybridized carbons (Fsp3) is 0.0909. The standard InChI is InChI=1S/C11H10N2O3S/c1-16-7-4-2-6(3-5-7)9-8(12)10(11(14)15)17-13-9/h2-5H,12H2,1H3,(H,14,15). The fourth-order valence-corrected chi connectivity index (χ4v) is 2.07. The molecule has 0 aliphatic rings. The molecule has 88 valence electrons. The number of rotatable bonds is 3. The third-order valence-electron chi connectivity index (χ3n) is 2.29. The third kappa shape index (κ3) is 2.07. The van der Waals surface area contributed by atoms with Gasteiger partial charge in [0.1, 0.15) is 11.4 Å². The molecule has 0 atom stereocenters. The van der Waals surface area contributed by atoms with Gasteiger partial charge in [0.15, 0.2) is 4.88 Å². The molecule has 0 saturated carbocycles. The zero-order valence-corrected chi connectivity index (χ0v) is 9.82. The van der Waals surface area contributed by atoms with Crippen molar-refractivity contribution < 1.29 is 14.6 Å². The lowest BCUT2D eigenvalue weighted by Gasteiger charge is -2.01. The van der Waals surface area contributed by atoms with E-state index in [2.05, 4.69) is 4.37 Å². The SMILES string of the molecule is COc1ccc(-c2nsc(C(=O)O)c2N)cc1. The van der Waals surface area contributed by atoms with Crippen molar-refractivity contribution in [1.29, 1.82) is 0 Å². The first-order valence-corrected chi connectivity index (χ1v) is 5.53. The Bertz CT molecular complexity index is 548. The number of carbonyl (C=O) groups is 1. The monoisotopic (exact) mass is 250 g/mol. The first-order chi connectivity index (χ1) is 8.13. The van der Waals surface area contributed by atoms with E-state index in [0.717, 1.165) is 22.8 Å². The van der Waals surface area contributed by atoms with Gasteiger partial charge in [0.05, 0.1) is 12.8 Å². The van der Waals surface area contributed by atoms with Crippen LogP contribution in [0.4, 0.5) is 5.69 Å². The van der Waals surface area contributed by atoms with Gasteiger partial charge in [-0.3, -0.25) is 0 Å². The summed E-state index contributed by atoms with van der Waals surface area (Å²) in [5.41, 5.74) is 7.21. The Morgan fingerprint density at radius 1 is 1.41 bits per heavy atom. The highest BCUT2D eigenvalue weighted by atomic mass is 32.1. The minimum atomic E-state index is -1.06. The average molecular weight is 250 g/mol. The highest BCUT2D eigenvalue weighted by molar-refractivity contribution is 7.09. The maximum atomic E-state index is 10.8. The molecule has 0 radical (unpaired) electrons. The molecule has 5 nitrogen and oxygen atoms in total. The lowest BCUT2D eigenvalue weighted by molar-refractivity contribution is 0.0703. The van der Waals surface area contributed by atoms with Crippen LogP contribution in [0.25, 0.3) is 11.3 Å². The second-order valence-electron chi connectivity index (χ2n) is 3.31. The van der Waals surface area contributed by atoms with Crippen molar-refractivity contribution in [3.63, 3.8) is 0 Å². The Kier molecular flexibility index (Phi) is 2.97. The van der Waals surface area contributed by atoms with Crippen LogP contribution in [0.1, 0.15) is 9.67 Å². The van der Waals surface area contributed by atoms with E-state index in [0.29, 0.717) is 5.69 Å². The fourth-order valence-electron chi connectivity index (χ4n) is 1.41. The quantitative estimate of drug-likeness (QED) is 0.871. The molecule has 6 heteroatoms. The van der Waals surface area contributed by atoms with E-state index in [-0.39, 0.29) is 10.6 Å².